The highest BCUT2D eigenvalue weighted by Crippen LogP contribution is 2.17. The molecule has 0 fully saturated rings. The molecule has 0 radical (unpaired) electrons. The van der Waals surface area contributed by atoms with Gasteiger partial charge in [-0.2, -0.15) is 0 Å². The number of para-hydroxylation sites is 1. The summed E-state index contributed by atoms with van der Waals surface area (Å²) in [6.45, 7) is 3.58. The zero-order valence-electron chi connectivity index (χ0n) is 18.0. The molecule has 0 N–H and O–H groups in total. The van der Waals surface area contributed by atoms with E-state index >= 15 is 0 Å². The van der Waals surface area contributed by atoms with Crippen molar-refractivity contribution >= 4 is 22.6 Å². The van der Waals surface area contributed by atoms with Gasteiger partial charge in [-0.15, -0.1) is 0 Å². The molecule has 0 saturated heterocycles. The molecule has 4 aromatic rings. The first kappa shape index (κ1) is 20.4. The van der Waals surface area contributed by atoms with Crippen molar-refractivity contribution in [2.45, 2.75) is 20.4 Å². The number of carbonyl (C=O) groups is 1. The van der Waals surface area contributed by atoms with Gasteiger partial charge in [-0.05, 0) is 49.7 Å². The SMILES string of the molecule is Cc1cccc(-n2c(=O)c3c(cc(C)n3C)n(CC(=O)N(C)c3ccccc3)c2=O)c1. The highest BCUT2D eigenvalue weighted by Gasteiger charge is 2.21. The molecule has 0 atom stereocenters. The molecule has 0 spiro atoms. The number of aryl methyl sites for hydroxylation is 3. The van der Waals surface area contributed by atoms with E-state index in [9.17, 15) is 14.4 Å². The van der Waals surface area contributed by atoms with Gasteiger partial charge in [0.25, 0.3) is 5.56 Å². The molecule has 2 aromatic carbocycles. The Morgan fingerprint density at radius 2 is 1.68 bits per heavy atom. The third-order valence-electron chi connectivity index (χ3n) is 5.64. The summed E-state index contributed by atoms with van der Waals surface area (Å²) in [5.74, 6) is -0.259. The molecule has 0 aliphatic rings. The van der Waals surface area contributed by atoms with Crippen LogP contribution in [0.5, 0.6) is 0 Å². The molecule has 2 heterocycles. The first-order chi connectivity index (χ1) is 14.8. The summed E-state index contributed by atoms with van der Waals surface area (Å²) in [5.41, 5.74) is 2.86. The van der Waals surface area contributed by atoms with Gasteiger partial charge in [0.1, 0.15) is 12.1 Å². The fourth-order valence-corrected chi connectivity index (χ4v) is 3.77. The maximum atomic E-state index is 13.5. The van der Waals surface area contributed by atoms with Crippen LogP contribution in [-0.2, 0) is 18.4 Å². The van der Waals surface area contributed by atoms with E-state index in [1.165, 1.54) is 9.47 Å². The largest absolute Gasteiger partial charge is 0.342 e. The fraction of sp³-hybridized carbons (Fsp3) is 0.208. The lowest BCUT2D eigenvalue weighted by atomic mass is 10.2. The van der Waals surface area contributed by atoms with E-state index in [1.807, 2.05) is 50.2 Å². The molecule has 0 bridgehead atoms. The van der Waals surface area contributed by atoms with Gasteiger partial charge >= 0.3 is 5.69 Å². The molecule has 0 aliphatic carbocycles. The second kappa shape index (κ2) is 7.75. The lowest BCUT2D eigenvalue weighted by Gasteiger charge is -2.19. The number of carbonyl (C=O) groups excluding carboxylic acids is 1. The smallest absolute Gasteiger partial charge is 0.336 e. The Kier molecular flexibility index (Phi) is 5.10. The van der Waals surface area contributed by atoms with Crippen LogP contribution in [-0.4, -0.2) is 26.7 Å². The predicted molar refractivity (Wildman–Crippen MR) is 122 cm³/mol. The number of aromatic nitrogens is 3. The summed E-state index contributed by atoms with van der Waals surface area (Å²) in [7, 11) is 3.46. The number of amides is 1. The minimum atomic E-state index is -0.538. The van der Waals surface area contributed by atoms with Crippen molar-refractivity contribution in [2.24, 2.45) is 7.05 Å². The van der Waals surface area contributed by atoms with Crippen LogP contribution in [0.3, 0.4) is 0 Å². The Morgan fingerprint density at radius 3 is 2.35 bits per heavy atom. The summed E-state index contributed by atoms with van der Waals surface area (Å²) >= 11 is 0. The van der Waals surface area contributed by atoms with Crippen LogP contribution in [0, 0.1) is 13.8 Å². The van der Waals surface area contributed by atoms with Crippen molar-refractivity contribution in [3.05, 3.63) is 92.8 Å². The van der Waals surface area contributed by atoms with Crippen molar-refractivity contribution in [1.82, 2.24) is 13.7 Å². The van der Waals surface area contributed by atoms with Crippen molar-refractivity contribution in [3.8, 4) is 5.69 Å². The van der Waals surface area contributed by atoms with Crippen LogP contribution in [0.25, 0.3) is 16.7 Å². The van der Waals surface area contributed by atoms with Gasteiger partial charge in [0.2, 0.25) is 5.91 Å². The standard InChI is InChI=1S/C24H24N4O3/c1-16-9-8-12-19(13-16)28-23(30)22-20(14-17(2)25(22)3)27(24(28)31)15-21(29)26(4)18-10-6-5-7-11-18/h5-14H,15H2,1-4H3. The van der Waals surface area contributed by atoms with E-state index in [-0.39, 0.29) is 12.5 Å². The quantitative estimate of drug-likeness (QED) is 0.514. The minimum absolute atomic E-state index is 0.184. The molecule has 0 aliphatic heterocycles. The highest BCUT2D eigenvalue weighted by molar-refractivity contribution is 5.93. The van der Waals surface area contributed by atoms with E-state index in [0.29, 0.717) is 16.7 Å². The number of benzene rings is 2. The molecule has 0 unspecified atom stereocenters. The number of anilines is 1. The average Bonchev–Trinajstić information content (AvgIpc) is 3.05. The maximum Gasteiger partial charge on any atom is 0.336 e. The molecule has 0 saturated carbocycles. The number of hydrogen-bond donors (Lipinski definition) is 0. The molecular weight excluding hydrogens is 392 g/mol. The van der Waals surface area contributed by atoms with Gasteiger partial charge in [0.05, 0.1) is 11.2 Å². The number of likely N-dealkylation sites (N-methyl/N-ethyl adjacent to an activating group) is 1. The zero-order chi connectivity index (χ0) is 22.3. The topological polar surface area (TPSA) is 69.2 Å². The minimum Gasteiger partial charge on any atom is -0.342 e. The second-order valence-electron chi connectivity index (χ2n) is 7.72. The summed E-state index contributed by atoms with van der Waals surface area (Å²) in [4.78, 5) is 41.4. The van der Waals surface area contributed by atoms with Crippen LogP contribution < -0.4 is 16.1 Å². The number of rotatable bonds is 4. The summed E-state index contributed by atoms with van der Waals surface area (Å²) in [5, 5.41) is 0. The van der Waals surface area contributed by atoms with Crippen LogP contribution in [0.15, 0.2) is 70.3 Å². The fourth-order valence-electron chi connectivity index (χ4n) is 3.77. The molecule has 4 rings (SSSR count). The molecule has 2 aromatic heterocycles. The molecule has 31 heavy (non-hydrogen) atoms. The predicted octanol–water partition coefficient (Wildman–Crippen LogP) is 2.77. The van der Waals surface area contributed by atoms with E-state index < -0.39 is 11.2 Å². The van der Waals surface area contributed by atoms with Crippen LogP contribution in [0.4, 0.5) is 5.69 Å². The van der Waals surface area contributed by atoms with Gasteiger partial charge < -0.3 is 9.47 Å². The summed E-state index contributed by atoms with van der Waals surface area (Å²) in [6.07, 6.45) is 0. The molecular formula is C24H24N4O3. The summed E-state index contributed by atoms with van der Waals surface area (Å²) in [6, 6.07) is 18.2. The second-order valence-corrected chi connectivity index (χ2v) is 7.72. The van der Waals surface area contributed by atoms with Gasteiger partial charge in [0, 0.05) is 25.5 Å². The van der Waals surface area contributed by atoms with E-state index in [1.54, 1.807) is 42.9 Å². The first-order valence-corrected chi connectivity index (χ1v) is 10.00. The van der Waals surface area contributed by atoms with Crippen LogP contribution >= 0.6 is 0 Å². The molecule has 7 heteroatoms. The summed E-state index contributed by atoms with van der Waals surface area (Å²) < 4.78 is 4.28. The van der Waals surface area contributed by atoms with Crippen LogP contribution in [0.1, 0.15) is 11.3 Å². The van der Waals surface area contributed by atoms with Crippen molar-refractivity contribution in [2.75, 3.05) is 11.9 Å². The first-order valence-electron chi connectivity index (χ1n) is 10.00. The van der Waals surface area contributed by atoms with Crippen LogP contribution in [0.2, 0.25) is 0 Å². The van der Waals surface area contributed by atoms with Gasteiger partial charge in [-0.3, -0.25) is 14.2 Å². The maximum absolute atomic E-state index is 13.5. The van der Waals surface area contributed by atoms with E-state index in [2.05, 4.69) is 0 Å². The normalized spacial score (nSPS) is 11.1. The molecule has 1 amide bonds. The van der Waals surface area contributed by atoms with Crippen molar-refractivity contribution < 1.29 is 4.79 Å². The Labute approximate surface area is 179 Å². The number of fused-ring (bicyclic) bond motifs is 1. The lowest BCUT2D eigenvalue weighted by molar-refractivity contribution is -0.118. The van der Waals surface area contributed by atoms with Gasteiger partial charge in [-0.25, -0.2) is 9.36 Å². The Morgan fingerprint density at radius 1 is 0.968 bits per heavy atom. The highest BCUT2D eigenvalue weighted by atomic mass is 16.2. The monoisotopic (exact) mass is 416 g/mol. The van der Waals surface area contributed by atoms with E-state index in [0.717, 1.165) is 21.5 Å². The molecule has 158 valence electrons. The lowest BCUT2D eigenvalue weighted by Crippen LogP contribution is -2.42. The third kappa shape index (κ3) is 3.48. The number of nitrogens with zero attached hydrogens (tertiary/aromatic N) is 4. The Bertz CT molecular complexity index is 1410. The van der Waals surface area contributed by atoms with Gasteiger partial charge in [0.15, 0.2) is 0 Å². The zero-order valence-corrected chi connectivity index (χ0v) is 18.0. The van der Waals surface area contributed by atoms with Gasteiger partial charge in [-0.1, -0.05) is 30.3 Å². The average molecular weight is 416 g/mol. The van der Waals surface area contributed by atoms with E-state index in [4.69, 9.17) is 0 Å². The third-order valence-corrected chi connectivity index (χ3v) is 5.64. The Balaban J connectivity index is 1.93. The molecule has 7 nitrogen and oxygen atoms in total. The van der Waals surface area contributed by atoms with Crippen molar-refractivity contribution in [3.63, 3.8) is 0 Å². The van der Waals surface area contributed by atoms with Crippen molar-refractivity contribution in [1.29, 1.82) is 0 Å². The number of hydrogen-bond acceptors (Lipinski definition) is 3. The Hall–Kier alpha value is -3.87.